The molecule has 2 rings (SSSR count). The van der Waals surface area contributed by atoms with Crippen LogP contribution in [-0.4, -0.2) is 17.4 Å². The molecular formula is C16H15N3O2. The quantitative estimate of drug-likeness (QED) is 0.724. The summed E-state index contributed by atoms with van der Waals surface area (Å²) >= 11 is 0. The SMILES string of the molecule is Cc1ccc(C(=O)Nc2ccc(C#CCN)cc2)c(=O)[nH]1. The van der Waals surface area contributed by atoms with Crippen LogP contribution in [0.2, 0.25) is 0 Å². The molecule has 0 bridgehead atoms. The third-order valence-corrected chi connectivity index (χ3v) is 2.78. The number of hydrogen-bond donors (Lipinski definition) is 3. The zero-order valence-corrected chi connectivity index (χ0v) is 11.6. The molecule has 4 N–H and O–H groups in total. The fraction of sp³-hybridized carbons (Fsp3) is 0.125. The van der Waals surface area contributed by atoms with Crippen LogP contribution in [0.15, 0.2) is 41.2 Å². The molecule has 0 saturated carbocycles. The monoisotopic (exact) mass is 281 g/mol. The maximum atomic E-state index is 12.0. The van der Waals surface area contributed by atoms with Gasteiger partial charge in [-0.15, -0.1) is 0 Å². The van der Waals surface area contributed by atoms with Gasteiger partial charge in [0.1, 0.15) is 5.56 Å². The van der Waals surface area contributed by atoms with E-state index in [2.05, 4.69) is 22.1 Å². The molecule has 106 valence electrons. The Labute approximate surface area is 122 Å². The van der Waals surface area contributed by atoms with Crippen LogP contribution in [0.25, 0.3) is 0 Å². The maximum absolute atomic E-state index is 12.0. The molecule has 1 amide bonds. The zero-order chi connectivity index (χ0) is 15.2. The highest BCUT2D eigenvalue weighted by molar-refractivity contribution is 6.03. The van der Waals surface area contributed by atoms with Crippen molar-refractivity contribution < 1.29 is 4.79 Å². The zero-order valence-electron chi connectivity index (χ0n) is 11.6. The molecule has 0 saturated heterocycles. The summed E-state index contributed by atoms with van der Waals surface area (Å²) in [5, 5.41) is 2.67. The standard InChI is InChI=1S/C16H15N3O2/c1-11-4-9-14(15(20)18-11)16(21)19-13-7-5-12(6-8-13)3-2-10-17/h4-9H,10,17H2,1H3,(H,18,20)(H,19,21). The number of nitrogens with one attached hydrogen (secondary N) is 2. The number of H-pyrrole nitrogens is 1. The normalized spacial score (nSPS) is 9.62. The van der Waals surface area contributed by atoms with Gasteiger partial charge in [0.15, 0.2) is 0 Å². The van der Waals surface area contributed by atoms with Gasteiger partial charge in [-0.2, -0.15) is 0 Å². The molecule has 1 aromatic carbocycles. The van der Waals surface area contributed by atoms with Crippen molar-refractivity contribution in [3.05, 3.63) is 63.6 Å². The average Bonchev–Trinajstić information content (AvgIpc) is 2.46. The van der Waals surface area contributed by atoms with Crippen molar-refractivity contribution in [1.82, 2.24) is 4.98 Å². The number of nitrogens with two attached hydrogens (primary N) is 1. The molecule has 0 aliphatic rings. The maximum Gasteiger partial charge on any atom is 0.261 e. The molecule has 1 aromatic heterocycles. The van der Waals surface area contributed by atoms with Gasteiger partial charge in [-0.25, -0.2) is 0 Å². The molecule has 0 spiro atoms. The first kappa shape index (κ1) is 14.6. The first-order valence-electron chi connectivity index (χ1n) is 6.40. The van der Waals surface area contributed by atoms with Crippen molar-refractivity contribution in [2.45, 2.75) is 6.92 Å². The van der Waals surface area contributed by atoms with Gasteiger partial charge in [0.05, 0.1) is 6.54 Å². The highest BCUT2D eigenvalue weighted by Crippen LogP contribution is 2.10. The van der Waals surface area contributed by atoms with Crippen molar-refractivity contribution in [3.63, 3.8) is 0 Å². The second-order valence-corrected chi connectivity index (χ2v) is 4.42. The first-order valence-corrected chi connectivity index (χ1v) is 6.40. The predicted octanol–water partition coefficient (Wildman–Crippen LogP) is 1.25. The molecule has 0 fully saturated rings. The molecule has 0 aliphatic heterocycles. The van der Waals surface area contributed by atoms with Gasteiger partial charge in [-0.1, -0.05) is 11.8 Å². The number of rotatable bonds is 2. The van der Waals surface area contributed by atoms with E-state index in [1.54, 1.807) is 37.3 Å². The number of anilines is 1. The van der Waals surface area contributed by atoms with E-state index in [0.717, 1.165) is 5.56 Å². The lowest BCUT2D eigenvalue weighted by atomic mass is 10.2. The van der Waals surface area contributed by atoms with Crippen molar-refractivity contribution >= 4 is 11.6 Å². The van der Waals surface area contributed by atoms with E-state index in [1.165, 1.54) is 6.07 Å². The van der Waals surface area contributed by atoms with Crippen LogP contribution in [0.3, 0.4) is 0 Å². The fourth-order valence-corrected chi connectivity index (χ4v) is 1.74. The Morgan fingerprint density at radius 1 is 1.24 bits per heavy atom. The second kappa shape index (κ2) is 6.55. The molecular weight excluding hydrogens is 266 g/mol. The van der Waals surface area contributed by atoms with E-state index in [9.17, 15) is 9.59 Å². The minimum absolute atomic E-state index is 0.0765. The van der Waals surface area contributed by atoms with E-state index in [4.69, 9.17) is 5.73 Å². The third-order valence-electron chi connectivity index (χ3n) is 2.78. The molecule has 0 unspecified atom stereocenters. The highest BCUT2D eigenvalue weighted by atomic mass is 16.2. The van der Waals surface area contributed by atoms with Gasteiger partial charge in [0, 0.05) is 16.9 Å². The smallest absolute Gasteiger partial charge is 0.261 e. The van der Waals surface area contributed by atoms with Crippen molar-refractivity contribution in [3.8, 4) is 11.8 Å². The lowest BCUT2D eigenvalue weighted by Gasteiger charge is -2.05. The largest absolute Gasteiger partial charge is 0.326 e. The Hall–Kier alpha value is -2.84. The Morgan fingerprint density at radius 3 is 2.57 bits per heavy atom. The summed E-state index contributed by atoms with van der Waals surface area (Å²) in [6.45, 7) is 2.05. The summed E-state index contributed by atoms with van der Waals surface area (Å²) in [4.78, 5) is 26.3. The Balaban J connectivity index is 2.14. The Bertz CT molecular complexity index is 765. The molecule has 0 atom stereocenters. The number of amides is 1. The number of benzene rings is 1. The number of aromatic amines is 1. The summed E-state index contributed by atoms with van der Waals surface area (Å²) in [6.07, 6.45) is 0. The minimum atomic E-state index is -0.447. The number of hydrogen-bond acceptors (Lipinski definition) is 3. The second-order valence-electron chi connectivity index (χ2n) is 4.42. The highest BCUT2D eigenvalue weighted by Gasteiger charge is 2.10. The van der Waals surface area contributed by atoms with Crippen LogP contribution in [0, 0.1) is 18.8 Å². The lowest BCUT2D eigenvalue weighted by molar-refractivity contribution is 0.102. The summed E-state index contributed by atoms with van der Waals surface area (Å²) in [6, 6.07) is 10.2. The molecule has 2 aromatic rings. The van der Waals surface area contributed by atoms with Gasteiger partial charge in [-0.3, -0.25) is 9.59 Å². The summed E-state index contributed by atoms with van der Waals surface area (Å²) in [5.74, 6) is 5.19. The number of aromatic nitrogens is 1. The summed E-state index contributed by atoms with van der Waals surface area (Å²) in [7, 11) is 0. The van der Waals surface area contributed by atoms with Gasteiger partial charge < -0.3 is 16.0 Å². The van der Waals surface area contributed by atoms with E-state index >= 15 is 0 Å². The van der Waals surface area contributed by atoms with Crippen LogP contribution in [-0.2, 0) is 0 Å². The molecule has 0 aliphatic carbocycles. The minimum Gasteiger partial charge on any atom is -0.326 e. The van der Waals surface area contributed by atoms with E-state index < -0.39 is 11.5 Å². The van der Waals surface area contributed by atoms with Crippen LogP contribution >= 0.6 is 0 Å². The molecule has 5 heteroatoms. The van der Waals surface area contributed by atoms with E-state index in [-0.39, 0.29) is 5.56 Å². The van der Waals surface area contributed by atoms with E-state index in [1.807, 2.05) is 0 Å². The third kappa shape index (κ3) is 3.81. The van der Waals surface area contributed by atoms with Crippen LogP contribution in [0.1, 0.15) is 21.6 Å². The van der Waals surface area contributed by atoms with Crippen molar-refractivity contribution in [2.75, 3.05) is 11.9 Å². The summed E-state index contributed by atoms with van der Waals surface area (Å²) < 4.78 is 0. The topological polar surface area (TPSA) is 88.0 Å². The lowest BCUT2D eigenvalue weighted by Crippen LogP contribution is -2.23. The Kier molecular flexibility index (Phi) is 4.54. The van der Waals surface area contributed by atoms with Crippen LogP contribution in [0.5, 0.6) is 0 Å². The van der Waals surface area contributed by atoms with Gasteiger partial charge in [-0.05, 0) is 43.3 Å². The molecule has 1 heterocycles. The Morgan fingerprint density at radius 2 is 1.95 bits per heavy atom. The van der Waals surface area contributed by atoms with Crippen LogP contribution < -0.4 is 16.6 Å². The van der Waals surface area contributed by atoms with Gasteiger partial charge in [0.2, 0.25) is 0 Å². The number of carbonyl (C=O) groups is 1. The number of carbonyl (C=O) groups excluding carboxylic acids is 1. The number of pyridine rings is 1. The summed E-state index contributed by atoms with van der Waals surface area (Å²) in [5.41, 5.74) is 7.09. The number of aryl methyl sites for hydroxylation is 1. The van der Waals surface area contributed by atoms with Gasteiger partial charge in [0.25, 0.3) is 11.5 Å². The van der Waals surface area contributed by atoms with Crippen molar-refractivity contribution in [1.29, 1.82) is 0 Å². The van der Waals surface area contributed by atoms with Crippen LogP contribution in [0.4, 0.5) is 5.69 Å². The molecule has 21 heavy (non-hydrogen) atoms. The van der Waals surface area contributed by atoms with Crippen molar-refractivity contribution in [2.24, 2.45) is 5.73 Å². The first-order chi connectivity index (χ1) is 10.1. The van der Waals surface area contributed by atoms with Gasteiger partial charge >= 0.3 is 0 Å². The van der Waals surface area contributed by atoms with E-state index in [0.29, 0.717) is 17.9 Å². The fourth-order valence-electron chi connectivity index (χ4n) is 1.74. The average molecular weight is 281 g/mol. The molecule has 5 nitrogen and oxygen atoms in total. The molecule has 0 radical (unpaired) electrons. The predicted molar refractivity (Wildman–Crippen MR) is 82.1 cm³/mol.